The van der Waals surface area contributed by atoms with Crippen LogP contribution in [0.5, 0.6) is 0 Å². The Balaban J connectivity index is 2.05. The van der Waals surface area contributed by atoms with Crippen molar-refractivity contribution in [1.82, 2.24) is 5.32 Å². The van der Waals surface area contributed by atoms with E-state index < -0.39 is 5.63 Å². The lowest BCUT2D eigenvalue weighted by atomic mass is 10.2. The molecule has 0 spiro atoms. The highest BCUT2D eigenvalue weighted by Gasteiger charge is 2.25. The summed E-state index contributed by atoms with van der Waals surface area (Å²) in [6.45, 7) is 0. The van der Waals surface area contributed by atoms with Gasteiger partial charge in [-0.2, -0.15) is 0 Å². The predicted molar refractivity (Wildman–Crippen MR) is 63.0 cm³/mol. The average Bonchev–Trinajstić information content (AvgIpc) is 3.12. The van der Waals surface area contributed by atoms with Gasteiger partial charge in [0.1, 0.15) is 11.1 Å². The van der Waals surface area contributed by atoms with Gasteiger partial charge in [-0.15, -0.1) is 0 Å². The van der Waals surface area contributed by atoms with Crippen LogP contribution in [-0.2, 0) is 0 Å². The third-order valence-electron chi connectivity index (χ3n) is 2.80. The molecule has 2 aromatic rings. The zero-order chi connectivity index (χ0) is 11.8. The maximum atomic E-state index is 11.8. The van der Waals surface area contributed by atoms with E-state index in [0.717, 1.165) is 18.2 Å². The van der Waals surface area contributed by atoms with Crippen molar-refractivity contribution < 1.29 is 9.21 Å². The first kappa shape index (κ1) is 10.1. The molecule has 1 aromatic heterocycles. The summed E-state index contributed by atoms with van der Waals surface area (Å²) in [5.41, 5.74) is -0.00192. The molecule has 86 valence electrons. The van der Waals surface area contributed by atoms with Crippen molar-refractivity contribution >= 4 is 16.9 Å². The number of carbonyl (C=O) groups is 1. The molecule has 1 heterocycles. The third kappa shape index (κ3) is 1.93. The van der Waals surface area contributed by atoms with Crippen LogP contribution < -0.4 is 10.9 Å². The van der Waals surface area contributed by atoms with E-state index in [1.54, 1.807) is 18.2 Å². The van der Waals surface area contributed by atoms with Crippen molar-refractivity contribution in [3.05, 3.63) is 46.3 Å². The second-order valence-electron chi connectivity index (χ2n) is 4.23. The normalized spacial score (nSPS) is 14.8. The van der Waals surface area contributed by atoms with Crippen molar-refractivity contribution in [1.29, 1.82) is 0 Å². The fourth-order valence-electron chi connectivity index (χ4n) is 1.71. The molecule has 4 nitrogen and oxygen atoms in total. The first-order valence-electron chi connectivity index (χ1n) is 5.58. The lowest BCUT2D eigenvalue weighted by molar-refractivity contribution is 0.0947. The monoisotopic (exact) mass is 229 g/mol. The molecule has 1 fully saturated rings. The fourth-order valence-corrected chi connectivity index (χ4v) is 1.71. The Morgan fingerprint density at radius 1 is 1.29 bits per heavy atom. The van der Waals surface area contributed by atoms with Crippen molar-refractivity contribution in [2.24, 2.45) is 0 Å². The molecule has 1 aliphatic rings. The Morgan fingerprint density at radius 2 is 2.06 bits per heavy atom. The quantitative estimate of drug-likeness (QED) is 0.797. The molecule has 1 N–H and O–H groups in total. The number of carbonyl (C=O) groups excluding carboxylic acids is 1. The fraction of sp³-hybridized carbons (Fsp3) is 0.231. The average molecular weight is 229 g/mol. The maximum absolute atomic E-state index is 11.8. The molecule has 0 saturated heterocycles. The molecule has 0 aliphatic heterocycles. The minimum Gasteiger partial charge on any atom is -0.422 e. The van der Waals surface area contributed by atoms with Gasteiger partial charge in [-0.25, -0.2) is 4.79 Å². The van der Waals surface area contributed by atoms with Gasteiger partial charge in [0.25, 0.3) is 5.91 Å². The third-order valence-corrected chi connectivity index (χ3v) is 2.80. The molecular formula is C13H11NO3. The van der Waals surface area contributed by atoms with Gasteiger partial charge in [0, 0.05) is 11.4 Å². The Hall–Kier alpha value is -2.10. The summed E-state index contributed by atoms with van der Waals surface area (Å²) in [5, 5.41) is 3.53. The van der Waals surface area contributed by atoms with Gasteiger partial charge >= 0.3 is 5.63 Å². The lowest BCUT2D eigenvalue weighted by Crippen LogP contribution is -2.29. The Labute approximate surface area is 97.2 Å². The van der Waals surface area contributed by atoms with Gasteiger partial charge in [-0.1, -0.05) is 18.2 Å². The van der Waals surface area contributed by atoms with Crippen molar-refractivity contribution in [3.8, 4) is 0 Å². The zero-order valence-electron chi connectivity index (χ0n) is 9.10. The summed E-state index contributed by atoms with van der Waals surface area (Å²) < 4.78 is 5.10. The molecule has 0 bridgehead atoms. The van der Waals surface area contributed by atoms with E-state index in [-0.39, 0.29) is 17.5 Å². The summed E-state index contributed by atoms with van der Waals surface area (Å²) in [5.74, 6) is -0.341. The van der Waals surface area contributed by atoms with Gasteiger partial charge < -0.3 is 9.73 Å². The van der Waals surface area contributed by atoms with Crippen LogP contribution in [0.3, 0.4) is 0 Å². The Kier molecular flexibility index (Phi) is 2.21. The van der Waals surface area contributed by atoms with E-state index in [4.69, 9.17) is 4.42 Å². The summed E-state index contributed by atoms with van der Waals surface area (Å²) in [6, 6.07) is 8.96. The van der Waals surface area contributed by atoms with Crippen LogP contribution in [0, 0.1) is 0 Å². The molecule has 1 amide bonds. The van der Waals surface area contributed by atoms with Crippen LogP contribution in [0.2, 0.25) is 0 Å². The second-order valence-corrected chi connectivity index (χ2v) is 4.23. The number of benzene rings is 1. The van der Waals surface area contributed by atoms with Gasteiger partial charge in [0.15, 0.2) is 0 Å². The van der Waals surface area contributed by atoms with Crippen LogP contribution in [-0.4, -0.2) is 11.9 Å². The molecule has 1 saturated carbocycles. The molecule has 0 unspecified atom stereocenters. The number of fused-ring (bicyclic) bond motifs is 1. The molecule has 0 radical (unpaired) electrons. The van der Waals surface area contributed by atoms with Crippen LogP contribution in [0.15, 0.2) is 39.5 Å². The number of nitrogens with one attached hydrogen (secondary N) is 1. The van der Waals surface area contributed by atoms with Gasteiger partial charge in [-0.05, 0) is 25.0 Å². The Morgan fingerprint density at radius 3 is 2.82 bits per heavy atom. The highest BCUT2D eigenvalue weighted by molar-refractivity contribution is 5.96. The van der Waals surface area contributed by atoms with E-state index in [1.165, 1.54) is 0 Å². The number of amides is 1. The first-order valence-corrected chi connectivity index (χ1v) is 5.58. The molecule has 17 heavy (non-hydrogen) atoms. The molecule has 1 aromatic carbocycles. The SMILES string of the molecule is O=C(NC1CC1)c1cc2ccccc2oc1=O. The van der Waals surface area contributed by atoms with E-state index >= 15 is 0 Å². The van der Waals surface area contributed by atoms with Crippen LogP contribution in [0.1, 0.15) is 23.2 Å². The van der Waals surface area contributed by atoms with Crippen molar-refractivity contribution in [2.45, 2.75) is 18.9 Å². The molecule has 0 atom stereocenters. The van der Waals surface area contributed by atoms with E-state index in [0.29, 0.717) is 5.58 Å². The lowest BCUT2D eigenvalue weighted by Gasteiger charge is -2.02. The van der Waals surface area contributed by atoms with Crippen molar-refractivity contribution in [3.63, 3.8) is 0 Å². The highest BCUT2D eigenvalue weighted by Crippen LogP contribution is 2.19. The smallest absolute Gasteiger partial charge is 0.349 e. The minimum absolute atomic E-state index is 0.0793. The topological polar surface area (TPSA) is 59.3 Å². The summed E-state index contributed by atoms with van der Waals surface area (Å²) in [6.07, 6.45) is 1.98. The molecule has 3 rings (SSSR count). The number of hydrogen-bond acceptors (Lipinski definition) is 3. The minimum atomic E-state index is -0.582. The van der Waals surface area contributed by atoms with Gasteiger partial charge in [0.05, 0.1) is 0 Å². The van der Waals surface area contributed by atoms with E-state index in [2.05, 4.69) is 5.32 Å². The number of para-hydroxylation sites is 1. The van der Waals surface area contributed by atoms with E-state index in [1.807, 2.05) is 12.1 Å². The number of rotatable bonds is 2. The molecular weight excluding hydrogens is 218 g/mol. The molecule has 4 heteroatoms. The summed E-state index contributed by atoms with van der Waals surface area (Å²) in [7, 11) is 0. The van der Waals surface area contributed by atoms with Crippen LogP contribution >= 0.6 is 0 Å². The van der Waals surface area contributed by atoms with Gasteiger partial charge in [-0.3, -0.25) is 4.79 Å². The predicted octanol–water partition coefficient (Wildman–Crippen LogP) is 1.69. The number of hydrogen-bond donors (Lipinski definition) is 1. The summed E-state index contributed by atoms with van der Waals surface area (Å²) in [4.78, 5) is 23.4. The van der Waals surface area contributed by atoms with Gasteiger partial charge in [0.2, 0.25) is 0 Å². The molecule has 1 aliphatic carbocycles. The van der Waals surface area contributed by atoms with Crippen molar-refractivity contribution in [2.75, 3.05) is 0 Å². The zero-order valence-corrected chi connectivity index (χ0v) is 9.10. The first-order chi connectivity index (χ1) is 8.24. The highest BCUT2D eigenvalue weighted by atomic mass is 16.4. The van der Waals surface area contributed by atoms with Crippen LogP contribution in [0.4, 0.5) is 0 Å². The van der Waals surface area contributed by atoms with Crippen LogP contribution in [0.25, 0.3) is 11.0 Å². The maximum Gasteiger partial charge on any atom is 0.349 e. The van der Waals surface area contributed by atoms with E-state index in [9.17, 15) is 9.59 Å². The summed E-state index contributed by atoms with van der Waals surface area (Å²) >= 11 is 0. The second kappa shape index (κ2) is 3.73. The largest absolute Gasteiger partial charge is 0.422 e. The Bertz CT molecular complexity index is 640. The standard InChI is InChI=1S/C13H11NO3/c15-12(14-9-5-6-9)10-7-8-3-1-2-4-11(8)17-13(10)16/h1-4,7,9H,5-6H2,(H,14,15).